The average molecular weight is 1780 g/mol. The van der Waals surface area contributed by atoms with Gasteiger partial charge >= 0.3 is 49.6 Å². The van der Waals surface area contributed by atoms with E-state index in [0.29, 0.717) is 48.4 Å². The number of esters is 4. The fourth-order valence-electron chi connectivity index (χ4n) is 8.52. The van der Waals surface area contributed by atoms with E-state index < -0.39 is 87.5 Å². The molecule has 2 N–H and O–H groups in total. The molecule has 0 aromatic heterocycles. The minimum absolute atomic E-state index is 0.0116. The first-order valence-corrected chi connectivity index (χ1v) is 63.0. The van der Waals surface area contributed by atoms with E-state index in [9.17, 15) is 24.0 Å². The molecule has 0 aliphatic rings. The van der Waals surface area contributed by atoms with Crippen molar-refractivity contribution in [3.05, 3.63) is 0 Å². The predicted molar refractivity (Wildman–Crippen MR) is 421 cm³/mol. The molecule has 0 bridgehead atoms. The van der Waals surface area contributed by atoms with Crippen molar-refractivity contribution in [2.75, 3.05) is 52.9 Å². The van der Waals surface area contributed by atoms with Crippen LogP contribution in [-0.4, -0.2) is 202 Å². The minimum atomic E-state index is -2.38. The summed E-state index contributed by atoms with van der Waals surface area (Å²) in [5.41, 5.74) is 0. The van der Waals surface area contributed by atoms with Gasteiger partial charge in [0.2, 0.25) is 13.5 Å². The second kappa shape index (κ2) is 51.7. The molecule has 0 saturated carbocycles. The summed E-state index contributed by atoms with van der Waals surface area (Å²) in [5.74, 6) is -1.03. The Morgan fingerprint density at radius 2 is 0.670 bits per heavy atom. The van der Waals surface area contributed by atoms with Crippen LogP contribution in [0.2, 0.25) is 141 Å². The smallest absolute Gasteiger partial charge is 0.319 e. The number of halogens is 4. The predicted octanol–water partition coefficient (Wildman–Crippen LogP) is 15.3. The van der Waals surface area contributed by atoms with Crippen LogP contribution in [0.5, 0.6) is 0 Å². The Hall–Kier alpha value is 1.58. The van der Waals surface area contributed by atoms with Crippen LogP contribution in [0.1, 0.15) is 87.0 Å². The largest absolute Gasteiger partial charge is 0.479 e. The van der Waals surface area contributed by atoms with Gasteiger partial charge in [-0.3, -0.25) is 24.0 Å². The molecule has 0 aromatic rings. The number of aliphatic hydroxyl groups is 2. The number of aliphatic hydroxyl groups excluding tert-OH is 2. The number of hydrogen-bond acceptors (Lipinski definition) is 23. The summed E-state index contributed by atoms with van der Waals surface area (Å²) in [6.07, 6.45) is 4.75. The minimum Gasteiger partial charge on any atom is -0.479 e. The second-order valence-corrected chi connectivity index (χ2v) is 69.4. The molecular formula is C55H118Br4O19S4Si9. The Balaban J connectivity index is -0.000000629. The molecule has 91 heavy (non-hydrogen) atoms. The lowest BCUT2D eigenvalue weighted by Crippen LogP contribution is -2.52. The summed E-state index contributed by atoms with van der Waals surface area (Å²) in [6, 6.07) is 5.56. The van der Waals surface area contributed by atoms with Crippen molar-refractivity contribution < 1.29 is 87.3 Å². The molecular weight excluding hydrogens is 1670 g/mol. The van der Waals surface area contributed by atoms with Crippen LogP contribution in [0, 0.1) is 0 Å². The summed E-state index contributed by atoms with van der Waals surface area (Å²) >= 11 is 24.7. The van der Waals surface area contributed by atoms with E-state index in [2.05, 4.69) is 168 Å². The molecule has 0 spiro atoms. The zero-order valence-electron chi connectivity index (χ0n) is 59.2. The number of carbonyl (C=O) groups is 5. The molecule has 0 aromatic carbocycles. The number of thiocarbonyl (C=S) groups is 2. The Labute approximate surface area is 613 Å². The van der Waals surface area contributed by atoms with Crippen molar-refractivity contribution in [1.29, 1.82) is 0 Å². The summed E-state index contributed by atoms with van der Waals surface area (Å²) in [5, 5.41) is 17.1. The summed E-state index contributed by atoms with van der Waals surface area (Å²) in [4.78, 5) is 56.6. The molecule has 36 heteroatoms. The van der Waals surface area contributed by atoms with Gasteiger partial charge in [0.15, 0.2) is 41.6 Å². The van der Waals surface area contributed by atoms with E-state index in [0.717, 1.165) is 74.8 Å². The number of hydrogen-bond donors (Lipinski definition) is 2. The van der Waals surface area contributed by atoms with Gasteiger partial charge in [-0.15, -0.1) is 0 Å². The lowest BCUT2D eigenvalue weighted by atomic mass is 10.5. The fourth-order valence-corrected chi connectivity index (χ4v) is 49.6. The quantitative estimate of drug-likeness (QED) is 0.0110. The highest BCUT2D eigenvalue weighted by Crippen LogP contribution is 2.29. The average Bonchev–Trinajstić information content (AvgIpc) is 0.938. The van der Waals surface area contributed by atoms with Gasteiger partial charge in [0.05, 0.1) is 44.5 Å². The van der Waals surface area contributed by atoms with Crippen LogP contribution in [0.3, 0.4) is 0 Å². The van der Waals surface area contributed by atoms with Crippen molar-refractivity contribution in [2.24, 2.45) is 0 Å². The van der Waals surface area contributed by atoms with Crippen molar-refractivity contribution in [3.63, 3.8) is 0 Å². The molecule has 0 fully saturated rings. The summed E-state index contributed by atoms with van der Waals surface area (Å²) in [7, 11) is -16.7. The van der Waals surface area contributed by atoms with Gasteiger partial charge in [0.1, 0.15) is 29.9 Å². The van der Waals surface area contributed by atoms with Crippen LogP contribution in [-0.2, 0) is 77.1 Å². The zero-order chi connectivity index (χ0) is 71.7. The molecule has 0 aliphatic carbocycles. The van der Waals surface area contributed by atoms with E-state index in [-0.39, 0.29) is 56.3 Å². The van der Waals surface area contributed by atoms with Crippen LogP contribution in [0.15, 0.2) is 0 Å². The van der Waals surface area contributed by atoms with Gasteiger partial charge in [-0.2, -0.15) is 0 Å². The maximum absolute atomic E-state index is 12.2. The standard InChI is InChI=1S/C24H48O8S4Si3.C16H34Br2O6Si3.C12H32O4Si3.C3H4Br2O/c1-11-27-23(33)35-19(3)21(25)29-15-13-17-37(5,6)31-39(9,10)32-38(7,8)18-14-16-30-22(26)20(4)36-24(34)28-12-2;1-13(17)15(19)21-9-7-11-25-23-27(5,6)24-26(3,4)12-8-10-22-16(20)14(2)18;1-17(2,11-7-9-13)15-19(5,6)16-18(3,4)12-8-10-14;1-2(4)3(5)6/h19-20H,11-18H2,1-10H3;13-14H,7-12,25H2,1-6H3;13-14H,7-12H2,1-6H3;2H,1H3. The third-order valence-electron chi connectivity index (χ3n) is 11.9. The topological polar surface area (TPSA) is 237 Å². The third kappa shape index (κ3) is 61.2. The molecule has 0 amide bonds. The first-order chi connectivity index (χ1) is 41.5. The summed E-state index contributed by atoms with van der Waals surface area (Å²) < 4.78 is 70.9. The maximum atomic E-state index is 12.2. The lowest BCUT2D eigenvalue weighted by Gasteiger charge is -2.38. The van der Waals surface area contributed by atoms with Crippen molar-refractivity contribution in [2.45, 2.75) is 253 Å². The normalized spacial score (nSPS) is 14.2. The van der Waals surface area contributed by atoms with Crippen LogP contribution in [0.4, 0.5) is 0 Å². The number of rotatable bonds is 43. The number of carbonyl (C=O) groups excluding carboxylic acids is 5. The monoisotopic (exact) mass is 1780 g/mol. The lowest BCUT2D eigenvalue weighted by molar-refractivity contribution is -0.143. The number of ether oxygens (including phenoxy) is 6. The molecule has 0 aliphatic heterocycles. The third-order valence-corrected chi connectivity index (χ3v) is 50.0. The van der Waals surface area contributed by atoms with E-state index in [4.69, 9.17) is 87.8 Å². The second-order valence-electron chi connectivity index (χ2n) is 25.7. The van der Waals surface area contributed by atoms with Gasteiger partial charge in [0.25, 0.3) is 0 Å². The van der Waals surface area contributed by atoms with Gasteiger partial charge in [-0.25, -0.2) is 0 Å². The van der Waals surface area contributed by atoms with Crippen molar-refractivity contribution in [1.82, 2.24) is 0 Å². The van der Waals surface area contributed by atoms with Crippen molar-refractivity contribution in [3.8, 4) is 0 Å². The van der Waals surface area contributed by atoms with Crippen LogP contribution in [0.25, 0.3) is 0 Å². The Bertz CT molecular complexity index is 1990. The fraction of sp³-hybridized carbons (Fsp3) is 0.873. The maximum Gasteiger partial charge on any atom is 0.319 e. The first kappa shape index (κ1) is 99.0. The molecule has 0 rings (SSSR count). The van der Waals surface area contributed by atoms with Crippen LogP contribution >= 0.6 is 112 Å². The highest BCUT2D eigenvalue weighted by Gasteiger charge is 2.41. The molecule has 5 atom stereocenters. The van der Waals surface area contributed by atoms with Gasteiger partial charge < -0.3 is 63.3 Å². The Kier molecular flexibility index (Phi) is 56.2. The number of alkyl halides is 3. The zero-order valence-corrected chi connectivity index (χ0v) is 78.2. The first-order valence-electron chi connectivity index (χ1n) is 31.3. The summed E-state index contributed by atoms with van der Waals surface area (Å²) in [6.45, 7) is 50.0. The SMILES string of the molecule is CC(Br)C(=O)Br.CC(Br)C(=O)OCCC[SiH2]O[Si](C)(C)O[Si](C)(C)CCCOC(=O)C(C)Br.CCOC(=S)SC(C)C(=O)OCCC[Si](C)(C)O[Si](C)(C)O[Si](C)(C)CCCOC(=O)C(C)SC(=S)OCC.C[Si](C)(CCCO)O[Si](C)(C)O[Si](C)(C)CCCO. The number of thioether (sulfide) groups is 2. The van der Waals surface area contributed by atoms with Gasteiger partial charge in [0, 0.05) is 13.2 Å². The Morgan fingerprint density at radius 3 is 0.923 bits per heavy atom. The highest BCUT2D eigenvalue weighted by atomic mass is 79.9. The molecule has 0 radical (unpaired) electrons. The van der Waals surface area contributed by atoms with E-state index in [1.807, 2.05) is 13.8 Å². The Morgan fingerprint density at radius 1 is 0.418 bits per heavy atom. The van der Waals surface area contributed by atoms with Crippen molar-refractivity contribution >= 4 is 226 Å². The highest BCUT2D eigenvalue weighted by molar-refractivity contribution is 9.20. The molecule has 0 saturated heterocycles. The van der Waals surface area contributed by atoms with E-state index >= 15 is 0 Å². The molecule has 19 nitrogen and oxygen atoms in total. The van der Waals surface area contributed by atoms with Gasteiger partial charge in [-0.05, 0) is 268 Å². The van der Waals surface area contributed by atoms with Crippen LogP contribution < -0.4 is 0 Å². The molecule has 0 heterocycles. The van der Waals surface area contributed by atoms with E-state index in [1.54, 1.807) is 34.6 Å². The van der Waals surface area contributed by atoms with E-state index in [1.165, 1.54) is 23.5 Å². The molecule has 540 valence electrons. The molecule has 5 unspecified atom stereocenters. The van der Waals surface area contributed by atoms with Gasteiger partial charge in [-0.1, -0.05) is 71.3 Å².